The highest BCUT2D eigenvalue weighted by molar-refractivity contribution is 6.00. The van der Waals surface area contributed by atoms with Gasteiger partial charge in [0.05, 0.1) is 5.69 Å². The monoisotopic (exact) mass is 294 g/mol. The Balaban J connectivity index is 2.05. The molecule has 2 aromatic rings. The normalized spacial score (nSPS) is 16.9. The molecule has 112 valence electrons. The van der Waals surface area contributed by atoms with Gasteiger partial charge in [0, 0.05) is 18.7 Å². The number of ether oxygens (including phenoxy) is 1. The molecule has 1 aliphatic heterocycles. The Bertz CT molecular complexity index is 697. The van der Waals surface area contributed by atoms with E-state index in [1.54, 1.807) is 11.0 Å². The molecule has 22 heavy (non-hydrogen) atoms. The first-order valence-electron chi connectivity index (χ1n) is 7.21. The number of rotatable bonds is 4. The molecule has 1 unspecified atom stereocenters. The summed E-state index contributed by atoms with van der Waals surface area (Å²) >= 11 is 0. The van der Waals surface area contributed by atoms with Gasteiger partial charge in [0.15, 0.2) is 0 Å². The lowest BCUT2D eigenvalue weighted by molar-refractivity contribution is -0.126. The number of fused-ring (bicyclic) bond motifs is 1. The standard InChI is InChI=1S/C18H18N2O2/c1-2-10-20-15-11-13(12-19)8-9-16(15)22-17(18(20)21)14-6-4-3-5-7-14/h2-9,11,17H,1,10,12,19H2. The van der Waals surface area contributed by atoms with Crippen molar-refractivity contribution in [3.8, 4) is 5.75 Å². The Labute approximate surface area is 129 Å². The van der Waals surface area contributed by atoms with E-state index in [1.165, 1.54) is 0 Å². The van der Waals surface area contributed by atoms with Crippen LogP contribution in [0.4, 0.5) is 5.69 Å². The van der Waals surface area contributed by atoms with Gasteiger partial charge in [0.25, 0.3) is 5.91 Å². The van der Waals surface area contributed by atoms with E-state index in [2.05, 4.69) is 6.58 Å². The average molecular weight is 294 g/mol. The van der Waals surface area contributed by atoms with Gasteiger partial charge in [0.1, 0.15) is 5.75 Å². The van der Waals surface area contributed by atoms with Crippen molar-refractivity contribution >= 4 is 11.6 Å². The first-order chi connectivity index (χ1) is 10.7. The van der Waals surface area contributed by atoms with Crippen LogP contribution < -0.4 is 15.4 Å². The van der Waals surface area contributed by atoms with Crippen LogP contribution in [-0.4, -0.2) is 12.5 Å². The van der Waals surface area contributed by atoms with E-state index in [0.29, 0.717) is 18.8 Å². The first kappa shape index (κ1) is 14.4. The minimum atomic E-state index is -0.627. The van der Waals surface area contributed by atoms with E-state index in [4.69, 9.17) is 10.5 Å². The molecular formula is C18H18N2O2. The van der Waals surface area contributed by atoms with Crippen LogP contribution in [0.25, 0.3) is 0 Å². The molecule has 4 nitrogen and oxygen atoms in total. The van der Waals surface area contributed by atoms with Gasteiger partial charge in [-0.05, 0) is 17.7 Å². The molecule has 1 heterocycles. The molecule has 2 N–H and O–H groups in total. The van der Waals surface area contributed by atoms with Crippen LogP contribution >= 0.6 is 0 Å². The molecule has 0 bridgehead atoms. The fraction of sp³-hybridized carbons (Fsp3) is 0.167. The number of amides is 1. The molecule has 2 aromatic carbocycles. The van der Waals surface area contributed by atoms with E-state index >= 15 is 0 Å². The van der Waals surface area contributed by atoms with Gasteiger partial charge in [-0.3, -0.25) is 4.79 Å². The zero-order chi connectivity index (χ0) is 15.5. The Morgan fingerprint density at radius 1 is 1.23 bits per heavy atom. The summed E-state index contributed by atoms with van der Waals surface area (Å²) in [6.45, 7) is 4.60. The third-order valence-corrected chi connectivity index (χ3v) is 3.70. The molecule has 1 atom stereocenters. The van der Waals surface area contributed by atoms with E-state index in [1.807, 2.05) is 48.5 Å². The van der Waals surface area contributed by atoms with E-state index in [9.17, 15) is 4.79 Å². The van der Waals surface area contributed by atoms with Gasteiger partial charge in [-0.2, -0.15) is 0 Å². The summed E-state index contributed by atoms with van der Waals surface area (Å²) in [5.74, 6) is 0.597. The van der Waals surface area contributed by atoms with Gasteiger partial charge in [-0.25, -0.2) is 0 Å². The van der Waals surface area contributed by atoms with Crippen LogP contribution in [0.3, 0.4) is 0 Å². The second kappa shape index (κ2) is 6.03. The molecule has 1 amide bonds. The minimum absolute atomic E-state index is 0.0900. The average Bonchev–Trinajstić information content (AvgIpc) is 2.57. The van der Waals surface area contributed by atoms with Crippen LogP contribution in [0, 0.1) is 0 Å². The van der Waals surface area contributed by atoms with Crippen LogP contribution in [0.15, 0.2) is 61.2 Å². The number of benzene rings is 2. The maximum atomic E-state index is 12.8. The predicted octanol–water partition coefficient (Wildman–Crippen LogP) is 2.80. The number of carbonyl (C=O) groups is 1. The SMILES string of the molecule is C=CCN1C(=O)C(c2ccccc2)Oc2ccc(CN)cc21. The topological polar surface area (TPSA) is 55.6 Å². The second-order valence-electron chi connectivity index (χ2n) is 5.15. The van der Waals surface area contributed by atoms with Crippen molar-refractivity contribution in [1.29, 1.82) is 0 Å². The Kier molecular flexibility index (Phi) is 3.94. The molecule has 0 spiro atoms. The summed E-state index contributed by atoms with van der Waals surface area (Å²) in [6, 6.07) is 15.2. The zero-order valence-corrected chi connectivity index (χ0v) is 12.2. The van der Waals surface area contributed by atoms with Gasteiger partial charge < -0.3 is 15.4 Å². The highest BCUT2D eigenvalue weighted by Crippen LogP contribution is 2.39. The van der Waals surface area contributed by atoms with E-state index in [0.717, 1.165) is 16.8 Å². The zero-order valence-electron chi connectivity index (χ0n) is 12.2. The maximum absolute atomic E-state index is 12.8. The van der Waals surface area contributed by atoms with Crippen molar-refractivity contribution < 1.29 is 9.53 Å². The molecule has 3 rings (SSSR count). The van der Waals surface area contributed by atoms with Crippen molar-refractivity contribution in [1.82, 2.24) is 0 Å². The lowest BCUT2D eigenvalue weighted by Crippen LogP contribution is -2.41. The summed E-state index contributed by atoms with van der Waals surface area (Å²) in [4.78, 5) is 14.5. The van der Waals surface area contributed by atoms with Crippen LogP contribution in [0.2, 0.25) is 0 Å². The minimum Gasteiger partial charge on any atom is -0.474 e. The molecule has 4 heteroatoms. The summed E-state index contributed by atoms with van der Waals surface area (Å²) in [6.07, 6.45) is 1.09. The second-order valence-corrected chi connectivity index (χ2v) is 5.15. The summed E-state index contributed by atoms with van der Waals surface area (Å²) < 4.78 is 5.94. The largest absolute Gasteiger partial charge is 0.474 e. The molecule has 0 aliphatic carbocycles. The Morgan fingerprint density at radius 3 is 2.68 bits per heavy atom. The van der Waals surface area contributed by atoms with Crippen molar-refractivity contribution in [2.24, 2.45) is 5.73 Å². The van der Waals surface area contributed by atoms with Gasteiger partial charge in [0.2, 0.25) is 6.10 Å². The van der Waals surface area contributed by atoms with Crippen molar-refractivity contribution in [2.45, 2.75) is 12.6 Å². The van der Waals surface area contributed by atoms with Gasteiger partial charge in [-0.1, -0.05) is 42.5 Å². The van der Waals surface area contributed by atoms with Crippen molar-refractivity contribution in [3.63, 3.8) is 0 Å². The first-order valence-corrected chi connectivity index (χ1v) is 7.21. The molecule has 0 aromatic heterocycles. The molecule has 0 fully saturated rings. The van der Waals surface area contributed by atoms with Crippen molar-refractivity contribution in [3.05, 3.63) is 72.3 Å². The quantitative estimate of drug-likeness (QED) is 0.882. The Hall–Kier alpha value is -2.59. The number of hydrogen-bond acceptors (Lipinski definition) is 3. The summed E-state index contributed by atoms with van der Waals surface area (Å²) in [7, 11) is 0. The van der Waals surface area contributed by atoms with E-state index < -0.39 is 6.10 Å². The van der Waals surface area contributed by atoms with Crippen molar-refractivity contribution in [2.75, 3.05) is 11.4 Å². The van der Waals surface area contributed by atoms with Crippen LogP contribution in [-0.2, 0) is 11.3 Å². The lowest BCUT2D eigenvalue weighted by atomic mass is 10.0. The maximum Gasteiger partial charge on any atom is 0.273 e. The highest BCUT2D eigenvalue weighted by Gasteiger charge is 2.34. The number of nitrogens with two attached hydrogens (primary N) is 1. The third kappa shape index (κ3) is 2.49. The molecule has 0 radical (unpaired) electrons. The van der Waals surface area contributed by atoms with Gasteiger partial charge >= 0.3 is 0 Å². The van der Waals surface area contributed by atoms with Crippen LogP contribution in [0.1, 0.15) is 17.2 Å². The summed E-state index contributed by atoms with van der Waals surface area (Å²) in [5.41, 5.74) is 8.24. The predicted molar refractivity (Wildman–Crippen MR) is 86.7 cm³/mol. The molecule has 1 aliphatic rings. The molecule has 0 saturated carbocycles. The Morgan fingerprint density at radius 2 is 2.00 bits per heavy atom. The number of anilines is 1. The summed E-state index contributed by atoms with van der Waals surface area (Å²) in [5, 5.41) is 0. The molecule has 0 saturated heterocycles. The lowest BCUT2D eigenvalue weighted by Gasteiger charge is -2.34. The fourth-order valence-corrected chi connectivity index (χ4v) is 2.59. The van der Waals surface area contributed by atoms with Crippen LogP contribution in [0.5, 0.6) is 5.75 Å². The van der Waals surface area contributed by atoms with E-state index in [-0.39, 0.29) is 5.91 Å². The number of nitrogens with zero attached hydrogens (tertiary/aromatic N) is 1. The number of hydrogen-bond donors (Lipinski definition) is 1. The van der Waals surface area contributed by atoms with Gasteiger partial charge in [-0.15, -0.1) is 6.58 Å². The third-order valence-electron chi connectivity index (χ3n) is 3.70. The smallest absolute Gasteiger partial charge is 0.273 e. The number of carbonyl (C=O) groups excluding carboxylic acids is 1. The highest BCUT2D eigenvalue weighted by atomic mass is 16.5. The molecular weight excluding hydrogens is 276 g/mol. The fourth-order valence-electron chi connectivity index (χ4n) is 2.59.